The van der Waals surface area contributed by atoms with Gasteiger partial charge in [0.05, 0.1) is 17.7 Å². The lowest BCUT2D eigenvalue weighted by Crippen LogP contribution is -1.91. The third-order valence-corrected chi connectivity index (χ3v) is 3.66. The molecule has 0 saturated carbocycles. The minimum Gasteiger partial charge on any atom is -0.391 e. The minimum atomic E-state index is -0.427. The molecule has 0 bridgehead atoms. The Labute approximate surface area is 129 Å². The predicted octanol–water partition coefficient (Wildman–Crippen LogP) is 4.40. The van der Waals surface area contributed by atoms with Crippen LogP contribution < -0.4 is 0 Å². The first-order chi connectivity index (χ1) is 10.2. The molecule has 0 aliphatic carbocycles. The van der Waals surface area contributed by atoms with Gasteiger partial charge >= 0.3 is 0 Å². The lowest BCUT2D eigenvalue weighted by Gasteiger charge is -2.03. The van der Waals surface area contributed by atoms with Gasteiger partial charge in [-0.1, -0.05) is 51.4 Å². The number of rotatable bonds is 3. The molecule has 1 N–H and O–H groups in total. The number of aromatic nitrogens is 1. The molecule has 3 nitrogen and oxygen atoms in total. The zero-order valence-corrected chi connectivity index (χ0v) is 12.5. The molecule has 3 aromatic rings. The van der Waals surface area contributed by atoms with Crippen molar-refractivity contribution in [2.45, 2.75) is 6.61 Å². The van der Waals surface area contributed by atoms with Crippen LogP contribution in [-0.4, -0.2) is 10.3 Å². The van der Waals surface area contributed by atoms with Gasteiger partial charge in [0, 0.05) is 10.0 Å². The van der Waals surface area contributed by atoms with Crippen LogP contribution in [0.15, 0.2) is 57.5 Å². The van der Waals surface area contributed by atoms with Crippen molar-refractivity contribution >= 4 is 15.9 Å². The van der Waals surface area contributed by atoms with Crippen LogP contribution in [0.3, 0.4) is 0 Å². The Hall–Kier alpha value is -1.98. The molecule has 0 unspecified atom stereocenters. The van der Waals surface area contributed by atoms with Crippen molar-refractivity contribution in [2.75, 3.05) is 0 Å². The van der Waals surface area contributed by atoms with Crippen LogP contribution in [0.4, 0.5) is 4.39 Å². The lowest BCUT2D eigenvalue weighted by molar-refractivity contribution is 0.281. The fourth-order valence-electron chi connectivity index (χ4n) is 2.16. The van der Waals surface area contributed by atoms with Crippen LogP contribution in [0.1, 0.15) is 5.56 Å². The van der Waals surface area contributed by atoms with E-state index in [9.17, 15) is 9.50 Å². The molecule has 1 heterocycles. The first-order valence-electron chi connectivity index (χ1n) is 6.31. The molecule has 2 aromatic carbocycles. The Bertz CT molecular complexity index is 771. The van der Waals surface area contributed by atoms with Gasteiger partial charge in [-0.2, -0.15) is 0 Å². The van der Waals surface area contributed by atoms with Crippen LogP contribution in [-0.2, 0) is 6.61 Å². The molecule has 0 atom stereocenters. The van der Waals surface area contributed by atoms with Gasteiger partial charge < -0.3 is 9.63 Å². The summed E-state index contributed by atoms with van der Waals surface area (Å²) in [6, 6.07) is 13.9. The first kappa shape index (κ1) is 14.0. The highest BCUT2D eigenvalue weighted by molar-refractivity contribution is 9.10. The van der Waals surface area contributed by atoms with Crippen molar-refractivity contribution in [2.24, 2.45) is 0 Å². The van der Waals surface area contributed by atoms with E-state index < -0.39 is 5.82 Å². The number of halogens is 2. The monoisotopic (exact) mass is 347 g/mol. The van der Waals surface area contributed by atoms with Gasteiger partial charge in [-0.25, -0.2) is 4.39 Å². The minimum absolute atomic E-state index is 0.246. The Balaban J connectivity index is 2.17. The second-order valence-electron chi connectivity index (χ2n) is 4.49. The van der Waals surface area contributed by atoms with E-state index in [1.54, 1.807) is 12.1 Å². The maximum Gasteiger partial charge on any atom is 0.175 e. The second kappa shape index (κ2) is 5.79. The van der Waals surface area contributed by atoms with E-state index in [2.05, 4.69) is 21.1 Å². The zero-order valence-electron chi connectivity index (χ0n) is 10.9. The van der Waals surface area contributed by atoms with Gasteiger partial charge in [-0.15, -0.1) is 0 Å². The molecule has 106 valence electrons. The molecule has 0 saturated heterocycles. The summed E-state index contributed by atoms with van der Waals surface area (Å²) >= 11 is 3.30. The Kier molecular flexibility index (Phi) is 3.86. The van der Waals surface area contributed by atoms with Crippen LogP contribution in [0.2, 0.25) is 0 Å². The highest BCUT2D eigenvalue weighted by Crippen LogP contribution is 2.34. The van der Waals surface area contributed by atoms with Crippen LogP contribution >= 0.6 is 15.9 Å². The number of nitrogens with zero attached hydrogens (tertiary/aromatic N) is 1. The average molecular weight is 348 g/mol. The molecule has 0 aliphatic heterocycles. The van der Waals surface area contributed by atoms with Crippen molar-refractivity contribution in [1.29, 1.82) is 0 Å². The van der Waals surface area contributed by atoms with Crippen LogP contribution in [0, 0.1) is 5.82 Å². The van der Waals surface area contributed by atoms with Crippen molar-refractivity contribution in [3.05, 3.63) is 64.4 Å². The van der Waals surface area contributed by atoms with Gasteiger partial charge in [-0.05, 0) is 18.2 Å². The van der Waals surface area contributed by atoms with E-state index in [1.807, 2.05) is 30.3 Å². The molecule has 0 radical (unpaired) electrons. The van der Waals surface area contributed by atoms with Gasteiger partial charge in [0.2, 0.25) is 0 Å². The summed E-state index contributed by atoms with van der Waals surface area (Å²) in [5, 5.41) is 13.6. The molecule has 3 rings (SSSR count). The summed E-state index contributed by atoms with van der Waals surface area (Å²) in [7, 11) is 0. The maximum absolute atomic E-state index is 14.0. The molecule has 5 heteroatoms. The number of benzene rings is 2. The topological polar surface area (TPSA) is 46.3 Å². The summed E-state index contributed by atoms with van der Waals surface area (Å²) in [6.45, 7) is -0.283. The SMILES string of the molecule is OCc1c(-c2ccccc2)noc1-c1cc(Br)ccc1F. The first-order valence-corrected chi connectivity index (χ1v) is 7.10. The molecule has 0 spiro atoms. The summed E-state index contributed by atoms with van der Waals surface area (Å²) in [4.78, 5) is 0. The van der Waals surface area contributed by atoms with Crippen molar-refractivity contribution in [1.82, 2.24) is 5.16 Å². The van der Waals surface area contributed by atoms with E-state index in [0.29, 0.717) is 11.3 Å². The second-order valence-corrected chi connectivity index (χ2v) is 5.40. The summed E-state index contributed by atoms with van der Waals surface area (Å²) in [5.41, 5.74) is 2.07. The number of aliphatic hydroxyl groups is 1. The van der Waals surface area contributed by atoms with Crippen molar-refractivity contribution < 1.29 is 14.0 Å². The van der Waals surface area contributed by atoms with E-state index in [-0.39, 0.29) is 17.9 Å². The zero-order chi connectivity index (χ0) is 14.8. The van der Waals surface area contributed by atoms with E-state index >= 15 is 0 Å². The maximum atomic E-state index is 14.0. The molecule has 0 fully saturated rings. The molecule has 0 aliphatic rings. The Morgan fingerprint density at radius 2 is 1.90 bits per heavy atom. The molecule has 21 heavy (non-hydrogen) atoms. The van der Waals surface area contributed by atoms with Crippen LogP contribution in [0.5, 0.6) is 0 Å². The van der Waals surface area contributed by atoms with E-state index in [4.69, 9.17) is 4.52 Å². The third-order valence-electron chi connectivity index (χ3n) is 3.17. The molecule has 1 aromatic heterocycles. The van der Waals surface area contributed by atoms with Gasteiger partial charge in [0.25, 0.3) is 0 Å². The van der Waals surface area contributed by atoms with E-state index in [0.717, 1.165) is 10.0 Å². The lowest BCUT2D eigenvalue weighted by atomic mass is 10.0. The predicted molar refractivity (Wildman–Crippen MR) is 81.0 cm³/mol. The summed E-state index contributed by atoms with van der Waals surface area (Å²) in [6.07, 6.45) is 0. The fourth-order valence-corrected chi connectivity index (χ4v) is 2.52. The molecular formula is C16H11BrFNO2. The highest BCUT2D eigenvalue weighted by Gasteiger charge is 2.20. The standard InChI is InChI=1S/C16H11BrFNO2/c17-11-6-7-14(18)12(8-11)16-13(9-20)15(19-21-16)10-4-2-1-3-5-10/h1-8,20H,9H2. The molecule has 0 amide bonds. The third kappa shape index (κ3) is 2.62. The highest BCUT2D eigenvalue weighted by atomic mass is 79.9. The van der Waals surface area contributed by atoms with Crippen LogP contribution in [0.25, 0.3) is 22.6 Å². The average Bonchev–Trinajstić information content (AvgIpc) is 2.94. The summed E-state index contributed by atoms with van der Waals surface area (Å²) < 4.78 is 20.0. The quantitative estimate of drug-likeness (QED) is 0.763. The van der Waals surface area contributed by atoms with Crippen molar-refractivity contribution in [3.63, 3.8) is 0 Å². The Morgan fingerprint density at radius 1 is 1.14 bits per heavy atom. The van der Waals surface area contributed by atoms with Gasteiger partial charge in [0.1, 0.15) is 11.5 Å². The van der Waals surface area contributed by atoms with E-state index in [1.165, 1.54) is 6.07 Å². The fraction of sp³-hybridized carbons (Fsp3) is 0.0625. The summed E-state index contributed by atoms with van der Waals surface area (Å²) in [5.74, 6) is -0.182. The molecular weight excluding hydrogens is 337 g/mol. The Morgan fingerprint density at radius 3 is 2.62 bits per heavy atom. The number of hydrogen-bond acceptors (Lipinski definition) is 3. The van der Waals surface area contributed by atoms with Gasteiger partial charge in [0.15, 0.2) is 5.76 Å². The van der Waals surface area contributed by atoms with Crippen molar-refractivity contribution in [3.8, 4) is 22.6 Å². The largest absolute Gasteiger partial charge is 0.391 e. The number of hydrogen-bond donors (Lipinski definition) is 1. The smallest absolute Gasteiger partial charge is 0.175 e. The number of aliphatic hydroxyl groups excluding tert-OH is 1. The van der Waals surface area contributed by atoms with Gasteiger partial charge in [-0.3, -0.25) is 0 Å². The normalized spacial score (nSPS) is 10.8.